The van der Waals surface area contributed by atoms with Gasteiger partial charge in [0.1, 0.15) is 0 Å². The first-order valence-corrected chi connectivity index (χ1v) is 17.7. The number of nitrogens with zero attached hydrogens (tertiary/aromatic N) is 1. The Morgan fingerprint density at radius 2 is 0.765 bits per heavy atom. The van der Waals surface area contributed by atoms with Crippen LogP contribution in [0.5, 0.6) is 0 Å². The van der Waals surface area contributed by atoms with Gasteiger partial charge in [0.15, 0.2) is 0 Å². The Morgan fingerprint density at radius 1 is 0.333 bits per heavy atom. The first kappa shape index (κ1) is 30.6. The fourth-order valence-corrected chi connectivity index (χ4v) is 8.18. The molecule has 0 amide bonds. The third-order valence-electron chi connectivity index (χ3n) is 10.5. The molecule has 1 aliphatic carbocycles. The molecule has 0 fully saturated rings. The Bertz CT molecular complexity index is 2330. The van der Waals surface area contributed by atoms with Crippen LogP contribution in [0.2, 0.25) is 0 Å². The van der Waals surface area contributed by atoms with E-state index in [1.807, 2.05) is 0 Å². The predicted molar refractivity (Wildman–Crippen MR) is 214 cm³/mol. The zero-order valence-corrected chi connectivity index (χ0v) is 28.6. The van der Waals surface area contributed by atoms with Crippen LogP contribution in [-0.4, -0.2) is 0 Å². The molecule has 0 saturated carbocycles. The van der Waals surface area contributed by atoms with E-state index in [2.05, 4.69) is 218 Å². The number of benzene rings is 8. The molecule has 0 spiro atoms. The van der Waals surface area contributed by atoms with Gasteiger partial charge in [-0.3, -0.25) is 0 Å². The average Bonchev–Trinajstić information content (AvgIpc) is 3.50. The lowest BCUT2D eigenvalue weighted by molar-refractivity contribution is 0.761. The van der Waals surface area contributed by atoms with Crippen LogP contribution in [-0.2, 0) is 5.41 Å². The number of fused-ring (bicyclic) bond motifs is 3. The zero-order valence-electron chi connectivity index (χ0n) is 28.6. The Labute approximate surface area is 300 Å². The highest BCUT2D eigenvalue weighted by Crippen LogP contribution is 2.57. The van der Waals surface area contributed by atoms with Crippen LogP contribution in [0.25, 0.3) is 33.4 Å². The van der Waals surface area contributed by atoms with Gasteiger partial charge >= 0.3 is 0 Å². The molecule has 0 bridgehead atoms. The van der Waals surface area contributed by atoms with Crippen molar-refractivity contribution in [2.45, 2.75) is 12.3 Å². The van der Waals surface area contributed by atoms with Crippen molar-refractivity contribution >= 4 is 17.1 Å². The second-order valence-corrected chi connectivity index (χ2v) is 13.4. The molecule has 8 aromatic carbocycles. The number of hydrogen-bond acceptors (Lipinski definition) is 1. The van der Waals surface area contributed by atoms with E-state index in [0.717, 1.165) is 17.1 Å². The van der Waals surface area contributed by atoms with Gasteiger partial charge in [0.05, 0.1) is 5.41 Å². The van der Waals surface area contributed by atoms with Crippen molar-refractivity contribution in [1.82, 2.24) is 0 Å². The summed E-state index contributed by atoms with van der Waals surface area (Å²) in [6.45, 7) is 2.25. The SMILES string of the molecule is Cc1ccccc1C1(c2cccc(N(c3ccc(-c4ccccc4)cc3)c3ccc(-c4ccccc4)cc3)c2)c2ccccc2-c2ccccc21. The minimum absolute atomic E-state index is 0.478. The Hall–Kier alpha value is -6.44. The maximum Gasteiger partial charge on any atom is 0.0716 e. The van der Waals surface area contributed by atoms with E-state index in [0.29, 0.717) is 0 Å². The highest BCUT2D eigenvalue weighted by Gasteiger charge is 2.46. The van der Waals surface area contributed by atoms with Crippen molar-refractivity contribution in [2.24, 2.45) is 0 Å². The summed E-state index contributed by atoms with van der Waals surface area (Å²) in [5.41, 5.74) is 16.8. The highest BCUT2D eigenvalue weighted by atomic mass is 15.1. The molecule has 1 nitrogen and oxygen atoms in total. The van der Waals surface area contributed by atoms with Crippen molar-refractivity contribution in [1.29, 1.82) is 0 Å². The minimum Gasteiger partial charge on any atom is -0.310 e. The Balaban J connectivity index is 1.25. The van der Waals surface area contributed by atoms with Crippen LogP contribution in [0.1, 0.15) is 27.8 Å². The molecule has 51 heavy (non-hydrogen) atoms. The van der Waals surface area contributed by atoms with Gasteiger partial charge in [-0.25, -0.2) is 0 Å². The molecule has 8 aromatic rings. The van der Waals surface area contributed by atoms with Crippen molar-refractivity contribution < 1.29 is 0 Å². The molecule has 1 aliphatic rings. The molecule has 0 heterocycles. The minimum atomic E-state index is -0.478. The average molecular weight is 652 g/mol. The topological polar surface area (TPSA) is 3.24 Å². The maximum atomic E-state index is 2.42. The van der Waals surface area contributed by atoms with Gasteiger partial charge in [0.25, 0.3) is 0 Å². The van der Waals surface area contributed by atoms with E-state index in [-0.39, 0.29) is 0 Å². The molecule has 0 radical (unpaired) electrons. The van der Waals surface area contributed by atoms with Crippen LogP contribution >= 0.6 is 0 Å². The molecule has 0 unspecified atom stereocenters. The first-order valence-electron chi connectivity index (χ1n) is 17.7. The normalized spacial score (nSPS) is 12.6. The third kappa shape index (κ3) is 5.18. The van der Waals surface area contributed by atoms with E-state index in [1.54, 1.807) is 0 Å². The van der Waals surface area contributed by atoms with E-state index in [1.165, 1.54) is 61.2 Å². The van der Waals surface area contributed by atoms with E-state index >= 15 is 0 Å². The van der Waals surface area contributed by atoms with Gasteiger partial charge in [-0.1, -0.05) is 170 Å². The second kappa shape index (κ2) is 12.8. The Kier molecular flexibility index (Phi) is 7.67. The third-order valence-corrected chi connectivity index (χ3v) is 10.5. The van der Waals surface area contributed by atoms with Crippen LogP contribution in [0.4, 0.5) is 17.1 Å². The quantitative estimate of drug-likeness (QED) is 0.166. The van der Waals surface area contributed by atoms with E-state index in [9.17, 15) is 0 Å². The molecule has 0 aromatic heterocycles. The standard InChI is InChI=1S/C50H37N/c1-36-15-8-11-24-47(36)50(48-25-12-9-22-45(48)46-23-10-13-26-49(46)50)41-20-14-21-44(35-41)51(42-31-27-39(28-32-42)37-16-4-2-5-17-37)43-33-29-40(30-34-43)38-18-6-3-7-19-38/h2-35H,1H3. The van der Waals surface area contributed by atoms with Crippen molar-refractivity contribution in [3.8, 4) is 33.4 Å². The first-order chi connectivity index (χ1) is 25.2. The number of hydrogen-bond donors (Lipinski definition) is 0. The molecular weight excluding hydrogens is 615 g/mol. The summed E-state index contributed by atoms with van der Waals surface area (Å²) in [5, 5.41) is 0. The van der Waals surface area contributed by atoms with E-state index in [4.69, 9.17) is 0 Å². The number of rotatable bonds is 7. The largest absolute Gasteiger partial charge is 0.310 e. The van der Waals surface area contributed by atoms with Crippen molar-refractivity contribution in [3.63, 3.8) is 0 Å². The number of aryl methyl sites for hydroxylation is 1. The summed E-state index contributed by atoms with van der Waals surface area (Å²) in [6, 6.07) is 75.2. The van der Waals surface area contributed by atoms with Crippen LogP contribution in [0.3, 0.4) is 0 Å². The molecule has 0 N–H and O–H groups in total. The fraction of sp³-hybridized carbons (Fsp3) is 0.0400. The van der Waals surface area contributed by atoms with Gasteiger partial charge in [0.2, 0.25) is 0 Å². The lowest BCUT2D eigenvalue weighted by Crippen LogP contribution is -2.29. The van der Waals surface area contributed by atoms with Crippen molar-refractivity contribution in [3.05, 3.63) is 234 Å². The summed E-state index contributed by atoms with van der Waals surface area (Å²) in [4.78, 5) is 2.39. The fourth-order valence-electron chi connectivity index (χ4n) is 8.18. The summed E-state index contributed by atoms with van der Waals surface area (Å²) in [5.74, 6) is 0. The molecule has 1 heteroatoms. The van der Waals surface area contributed by atoms with Crippen molar-refractivity contribution in [2.75, 3.05) is 4.90 Å². The van der Waals surface area contributed by atoms with Gasteiger partial charge in [-0.05, 0) is 105 Å². The molecular formula is C50H37N. The molecule has 9 rings (SSSR count). The van der Waals surface area contributed by atoms with Gasteiger partial charge in [0, 0.05) is 17.1 Å². The predicted octanol–water partition coefficient (Wildman–Crippen LogP) is 13.2. The summed E-state index contributed by atoms with van der Waals surface area (Å²) in [6.07, 6.45) is 0. The number of anilines is 3. The monoisotopic (exact) mass is 651 g/mol. The van der Waals surface area contributed by atoms with Crippen LogP contribution < -0.4 is 4.90 Å². The summed E-state index contributed by atoms with van der Waals surface area (Å²) in [7, 11) is 0. The van der Waals surface area contributed by atoms with E-state index < -0.39 is 5.41 Å². The summed E-state index contributed by atoms with van der Waals surface area (Å²) >= 11 is 0. The highest BCUT2D eigenvalue weighted by molar-refractivity contribution is 5.88. The lowest BCUT2D eigenvalue weighted by atomic mass is 9.66. The second-order valence-electron chi connectivity index (χ2n) is 13.4. The molecule has 0 atom stereocenters. The summed E-state index contributed by atoms with van der Waals surface area (Å²) < 4.78 is 0. The smallest absolute Gasteiger partial charge is 0.0716 e. The van der Waals surface area contributed by atoms with Gasteiger partial charge in [-0.2, -0.15) is 0 Å². The van der Waals surface area contributed by atoms with Crippen LogP contribution in [0, 0.1) is 6.92 Å². The van der Waals surface area contributed by atoms with Gasteiger partial charge < -0.3 is 4.90 Å². The van der Waals surface area contributed by atoms with Crippen LogP contribution in [0.15, 0.2) is 206 Å². The maximum absolute atomic E-state index is 2.42. The molecule has 242 valence electrons. The molecule has 0 aliphatic heterocycles. The Morgan fingerprint density at radius 3 is 1.27 bits per heavy atom. The molecule has 0 saturated heterocycles. The lowest BCUT2D eigenvalue weighted by Gasteiger charge is -2.36. The van der Waals surface area contributed by atoms with Gasteiger partial charge in [-0.15, -0.1) is 0 Å². The zero-order chi connectivity index (χ0) is 34.2.